The molecule has 0 saturated heterocycles. The molecular formula is C15H18N2OS. The Labute approximate surface area is 117 Å². The van der Waals surface area contributed by atoms with Gasteiger partial charge in [0.2, 0.25) is 0 Å². The number of rotatable bonds is 3. The van der Waals surface area contributed by atoms with E-state index in [1.54, 1.807) is 35.9 Å². The van der Waals surface area contributed by atoms with Gasteiger partial charge in [-0.05, 0) is 29.0 Å². The van der Waals surface area contributed by atoms with Crippen molar-refractivity contribution >= 4 is 17.2 Å². The van der Waals surface area contributed by atoms with E-state index in [0.29, 0.717) is 5.56 Å². The maximum Gasteiger partial charge on any atom is 0.251 e. The minimum Gasteiger partial charge on any atom is -0.344 e. The van der Waals surface area contributed by atoms with E-state index < -0.39 is 0 Å². The van der Waals surface area contributed by atoms with Crippen molar-refractivity contribution in [2.24, 2.45) is 5.41 Å². The Morgan fingerprint density at radius 3 is 2.47 bits per heavy atom. The molecule has 1 unspecified atom stereocenters. The first kappa shape index (κ1) is 13.7. The monoisotopic (exact) mass is 274 g/mol. The van der Waals surface area contributed by atoms with Gasteiger partial charge in [0.1, 0.15) is 0 Å². The van der Waals surface area contributed by atoms with Crippen LogP contribution in [0.15, 0.2) is 42.0 Å². The average molecular weight is 274 g/mol. The lowest BCUT2D eigenvalue weighted by Crippen LogP contribution is -2.36. The van der Waals surface area contributed by atoms with E-state index >= 15 is 0 Å². The van der Waals surface area contributed by atoms with Crippen LogP contribution in [0.5, 0.6) is 0 Å². The largest absolute Gasteiger partial charge is 0.344 e. The fourth-order valence-corrected chi connectivity index (χ4v) is 2.91. The van der Waals surface area contributed by atoms with Crippen molar-refractivity contribution < 1.29 is 4.79 Å². The van der Waals surface area contributed by atoms with E-state index in [2.05, 4.69) is 37.1 Å². The number of thiophene rings is 1. The maximum atomic E-state index is 12.3. The van der Waals surface area contributed by atoms with Crippen LogP contribution in [0.1, 0.15) is 42.0 Å². The average Bonchev–Trinajstić information content (AvgIpc) is 2.88. The zero-order chi connectivity index (χ0) is 13.9. The Kier molecular flexibility index (Phi) is 4.00. The highest BCUT2D eigenvalue weighted by Crippen LogP contribution is 2.35. The first-order valence-corrected chi connectivity index (χ1v) is 7.11. The van der Waals surface area contributed by atoms with E-state index in [9.17, 15) is 4.79 Å². The van der Waals surface area contributed by atoms with Crippen LogP contribution in [0.3, 0.4) is 0 Å². The molecule has 2 rings (SSSR count). The summed E-state index contributed by atoms with van der Waals surface area (Å²) in [5.74, 6) is -0.0595. The van der Waals surface area contributed by atoms with Gasteiger partial charge in [-0.1, -0.05) is 26.8 Å². The molecule has 100 valence electrons. The zero-order valence-corrected chi connectivity index (χ0v) is 12.2. The zero-order valence-electron chi connectivity index (χ0n) is 11.4. The van der Waals surface area contributed by atoms with Crippen LogP contribution in [-0.4, -0.2) is 10.9 Å². The van der Waals surface area contributed by atoms with Gasteiger partial charge in [-0.15, -0.1) is 11.3 Å². The summed E-state index contributed by atoms with van der Waals surface area (Å²) in [6, 6.07) is 7.53. The molecule has 1 atom stereocenters. The molecule has 2 aromatic heterocycles. The SMILES string of the molecule is CC(C)(C)C(NC(=O)c1ccncc1)c1cccs1. The van der Waals surface area contributed by atoms with Crippen LogP contribution in [0.4, 0.5) is 0 Å². The van der Waals surface area contributed by atoms with Gasteiger partial charge in [0.05, 0.1) is 6.04 Å². The first-order chi connectivity index (χ1) is 8.98. The Bertz CT molecular complexity index is 529. The van der Waals surface area contributed by atoms with Crippen molar-refractivity contribution in [2.45, 2.75) is 26.8 Å². The van der Waals surface area contributed by atoms with E-state index in [1.807, 2.05) is 11.4 Å². The van der Waals surface area contributed by atoms with Gasteiger partial charge in [-0.2, -0.15) is 0 Å². The molecule has 0 aliphatic carbocycles. The lowest BCUT2D eigenvalue weighted by Gasteiger charge is -2.30. The number of hydrogen-bond acceptors (Lipinski definition) is 3. The van der Waals surface area contributed by atoms with E-state index in [-0.39, 0.29) is 17.4 Å². The summed E-state index contributed by atoms with van der Waals surface area (Å²) in [7, 11) is 0. The van der Waals surface area contributed by atoms with E-state index in [0.717, 1.165) is 0 Å². The number of aromatic nitrogens is 1. The summed E-state index contributed by atoms with van der Waals surface area (Å²) in [4.78, 5) is 17.4. The molecule has 1 amide bonds. The number of amides is 1. The summed E-state index contributed by atoms with van der Waals surface area (Å²) in [5, 5.41) is 5.15. The molecule has 4 heteroatoms. The normalized spacial score (nSPS) is 13.0. The number of nitrogens with one attached hydrogen (secondary N) is 1. The van der Waals surface area contributed by atoms with Crippen molar-refractivity contribution in [1.82, 2.24) is 10.3 Å². The lowest BCUT2D eigenvalue weighted by atomic mass is 9.85. The van der Waals surface area contributed by atoms with Gasteiger partial charge in [-0.25, -0.2) is 0 Å². The molecule has 19 heavy (non-hydrogen) atoms. The highest BCUT2D eigenvalue weighted by Gasteiger charge is 2.28. The van der Waals surface area contributed by atoms with E-state index in [1.165, 1.54) is 4.88 Å². The van der Waals surface area contributed by atoms with Gasteiger partial charge >= 0.3 is 0 Å². The predicted molar refractivity (Wildman–Crippen MR) is 78.2 cm³/mol. The fourth-order valence-electron chi connectivity index (χ4n) is 1.89. The van der Waals surface area contributed by atoms with Gasteiger partial charge in [-0.3, -0.25) is 9.78 Å². The number of hydrogen-bond donors (Lipinski definition) is 1. The number of carbonyl (C=O) groups is 1. The molecule has 0 aliphatic rings. The van der Waals surface area contributed by atoms with Gasteiger partial charge < -0.3 is 5.32 Å². The minimum atomic E-state index is -0.0595. The predicted octanol–water partition coefficient (Wildman–Crippen LogP) is 3.66. The Balaban J connectivity index is 2.21. The summed E-state index contributed by atoms with van der Waals surface area (Å²) in [6.45, 7) is 6.39. The van der Waals surface area contributed by atoms with Crippen molar-refractivity contribution in [3.05, 3.63) is 52.5 Å². The summed E-state index contributed by atoms with van der Waals surface area (Å²) in [5.41, 5.74) is 0.605. The third-order valence-electron chi connectivity index (χ3n) is 2.91. The van der Waals surface area contributed by atoms with Crippen molar-refractivity contribution in [3.8, 4) is 0 Å². The molecule has 0 radical (unpaired) electrons. The molecule has 3 nitrogen and oxygen atoms in total. The molecule has 1 N–H and O–H groups in total. The quantitative estimate of drug-likeness (QED) is 0.928. The summed E-state index contributed by atoms with van der Waals surface area (Å²) >= 11 is 1.67. The Morgan fingerprint density at radius 2 is 1.95 bits per heavy atom. The number of carbonyl (C=O) groups excluding carboxylic acids is 1. The molecule has 0 aliphatic heterocycles. The van der Waals surface area contributed by atoms with Gasteiger partial charge in [0.25, 0.3) is 5.91 Å². The van der Waals surface area contributed by atoms with Crippen LogP contribution >= 0.6 is 11.3 Å². The Hall–Kier alpha value is -1.68. The molecule has 0 bridgehead atoms. The van der Waals surface area contributed by atoms with Crippen molar-refractivity contribution in [2.75, 3.05) is 0 Å². The maximum absolute atomic E-state index is 12.3. The Morgan fingerprint density at radius 1 is 1.26 bits per heavy atom. The smallest absolute Gasteiger partial charge is 0.251 e. The molecule has 0 fully saturated rings. The molecule has 2 heterocycles. The molecule has 0 spiro atoms. The van der Waals surface area contributed by atoms with Crippen LogP contribution in [0.25, 0.3) is 0 Å². The topological polar surface area (TPSA) is 42.0 Å². The second-order valence-electron chi connectivity index (χ2n) is 5.52. The molecule has 2 aromatic rings. The summed E-state index contributed by atoms with van der Waals surface area (Å²) < 4.78 is 0. The van der Waals surface area contributed by atoms with Crippen LogP contribution < -0.4 is 5.32 Å². The minimum absolute atomic E-state index is 0.00756. The highest BCUT2D eigenvalue weighted by molar-refractivity contribution is 7.10. The second kappa shape index (κ2) is 5.53. The summed E-state index contributed by atoms with van der Waals surface area (Å²) in [6.07, 6.45) is 3.26. The molecule has 0 saturated carbocycles. The van der Waals surface area contributed by atoms with E-state index in [4.69, 9.17) is 0 Å². The highest BCUT2D eigenvalue weighted by atomic mass is 32.1. The third-order valence-corrected chi connectivity index (χ3v) is 3.85. The molecule has 0 aromatic carbocycles. The third kappa shape index (κ3) is 3.41. The fraction of sp³-hybridized carbons (Fsp3) is 0.333. The lowest BCUT2D eigenvalue weighted by molar-refractivity contribution is 0.0903. The van der Waals surface area contributed by atoms with Crippen molar-refractivity contribution in [1.29, 1.82) is 0 Å². The van der Waals surface area contributed by atoms with Crippen LogP contribution in [0.2, 0.25) is 0 Å². The number of pyridine rings is 1. The van der Waals surface area contributed by atoms with Crippen LogP contribution in [0, 0.1) is 5.41 Å². The second-order valence-corrected chi connectivity index (χ2v) is 6.50. The number of nitrogens with zero attached hydrogens (tertiary/aromatic N) is 1. The molecular weight excluding hydrogens is 256 g/mol. The van der Waals surface area contributed by atoms with Crippen LogP contribution in [-0.2, 0) is 0 Å². The van der Waals surface area contributed by atoms with Gasteiger partial charge in [0.15, 0.2) is 0 Å². The van der Waals surface area contributed by atoms with Crippen molar-refractivity contribution in [3.63, 3.8) is 0 Å². The standard InChI is InChI=1S/C15H18N2OS/c1-15(2,3)13(12-5-4-10-19-12)17-14(18)11-6-8-16-9-7-11/h4-10,13H,1-3H3,(H,17,18). The first-order valence-electron chi connectivity index (χ1n) is 6.23. The van der Waals surface area contributed by atoms with Gasteiger partial charge in [0, 0.05) is 22.8 Å².